The third-order valence-electron chi connectivity index (χ3n) is 2.63. The first kappa shape index (κ1) is 14.3. The quantitative estimate of drug-likeness (QED) is 0.835. The van der Waals surface area contributed by atoms with E-state index < -0.39 is 5.82 Å². The van der Waals surface area contributed by atoms with Gasteiger partial charge in [-0.3, -0.25) is 4.79 Å². The van der Waals surface area contributed by atoms with Crippen molar-refractivity contribution in [2.45, 2.75) is 6.92 Å². The molecule has 0 radical (unpaired) electrons. The summed E-state index contributed by atoms with van der Waals surface area (Å²) in [5.41, 5.74) is 1.95. The van der Waals surface area contributed by atoms with E-state index in [2.05, 4.69) is 17.2 Å². The van der Waals surface area contributed by atoms with Gasteiger partial charge in [0.05, 0.1) is 11.3 Å². The van der Waals surface area contributed by atoms with Crippen LogP contribution in [0.1, 0.15) is 21.5 Å². The van der Waals surface area contributed by atoms with Crippen LogP contribution in [0.3, 0.4) is 0 Å². The van der Waals surface area contributed by atoms with E-state index in [0.717, 1.165) is 5.56 Å². The van der Waals surface area contributed by atoms with E-state index in [4.69, 9.17) is 5.11 Å². The maximum atomic E-state index is 13.8. The molecule has 102 valence electrons. The van der Waals surface area contributed by atoms with E-state index in [1.54, 1.807) is 11.4 Å². The maximum absolute atomic E-state index is 13.8. The Morgan fingerprint density at radius 2 is 2.25 bits per heavy atom. The van der Waals surface area contributed by atoms with Gasteiger partial charge in [0.1, 0.15) is 12.4 Å². The minimum atomic E-state index is -0.559. The maximum Gasteiger partial charge on any atom is 0.256 e. The number of hydrogen-bond donors (Lipinski definition) is 2. The summed E-state index contributed by atoms with van der Waals surface area (Å²) in [6.45, 7) is 1.55. The van der Waals surface area contributed by atoms with Crippen molar-refractivity contribution in [3.8, 4) is 11.8 Å². The van der Waals surface area contributed by atoms with Gasteiger partial charge in [0, 0.05) is 10.9 Å². The number of anilines is 1. The molecule has 20 heavy (non-hydrogen) atoms. The normalized spacial score (nSPS) is 9.75. The average molecular weight is 289 g/mol. The highest BCUT2D eigenvalue weighted by Crippen LogP contribution is 2.19. The summed E-state index contributed by atoms with van der Waals surface area (Å²) in [6, 6.07) is 4.26. The van der Waals surface area contributed by atoms with E-state index in [-0.39, 0.29) is 18.2 Å². The molecule has 5 heteroatoms. The number of aryl methyl sites for hydroxylation is 1. The first-order valence-electron chi connectivity index (χ1n) is 5.85. The summed E-state index contributed by atoms with van der Waals surface area (Å²) < 4.78 is 13.8. The lowest BCUT2D eigenvalue weighted by Gasteiger charge is -2.06. The molecule has 1 aromatic heterocycles. The average Bonchev–Trinajstić information content (AvgIpc) is 2.85. The molecule has 0 bridgehead atoms. The third-order valence-corrected chi connectivity index (χ3v) is 3.49. The van der Waals surface area contributed by atoms with Gasteiger partial charge in [0.25, 0.3) is 5.91 Å². The number of amides is 1. The minimum Gasteiger partial charge on any atom is -0.384 e. The molecule has 2 N–H and O–H groups in total. The Bertz CT molecular complexity index is 697. The number of rotatable bonds is 2. The van der Waals surface area contributed by atoms with Gasteiger partial charge in [-0.2, -0.15) is 11.3 Å². The number of nitrogens with one attached hydrogen (secondary N) is 1. The molecule has 0 fully saturated rings. The van der Waals surface area contributed by atoms with Crippen molar-refractivity contribution in [1.29, 1.82) is 0 Å². The van der Waals surface area contributed by atoms with Gasteiger partial charge in [-0.25, -0.2) is 4.39 Å². The molecular weight excluding hydrogens is 277 g/mol. The molecule has 0 aliphatic carbocycles. The van der Waals surface area contributed by atoms with Crippen molar-refractivity contribution < 1.29 is 14.3 Å². The number of carbonyl (C=O) groups excluding carboxylic acids is 1. The first-order valence-corrected chi connectivity index (χ1v) is 6.79. The fourth-order valence-corrected chi connectivity index (χ4v) is 2.45. The Balaban J connectivity index is 2.18. The Morgan fingerprint density at radius 3 is 2.85 bits per heavy atom. The summed E-state index contributed by atoms with van der Waals surface area (Å²) in [4.78, 5) is 12.0. The number of hydrogen-bond acceptors (Lipinski definition) is 3. The van der Waals surface area contributed by atoms with Crippen LogP contribution in [0.25, 0.3) is 0 Å². The van der Waals surface area contributed by atoms with Crippen molar-refractivity contribution in [2.75, 3.05) is 11.9 Å². The van der Waals surface area contributed by atoms with E-state index in [1.165, 1.54) is 23.5 Å². The van der Waals surface area contributed by atoms with Crippen molar-refractivity contribution in [2.24, 2.45) is 0 Å². The molecule has 1 aromatic carbocycles. The predicted octanol–water partition coefficient (Wildman–Crippen LogP) is 2.79. The van der Waals surface area contributed by atoms with E-state index in [9.17, 15) is 9.18 Å². The van der Waals surface area contributed by atoms with E-state index >= 15 is 0 Å². The molecular formula is C15H12FNO2S. The van der Waals surface area contributed by atoms with Crippen LogP contribution in [0.4, 0.5) is 10.1 Å². The van der Waals surface area contributed by atoms with Gasteiger partial charge >= 0.3 is 0 Å². The largest absolute Gasteiger partial charge is 0.384 e. The highest BCUT2D eigenvalue weighted by atomic mass is 32.1. The first-order chi connectivity index (χ1) is 9.61. The van der Waals surface area contributed by atoms with Crippen molar-refractivity contribution >= 4 is 22.9 Å². The highest BCUT2D eigenvalue weighted by Gasteiger charge is 2.12. The second kappa shape index (κ2) is 6.33. The predicted molar refractivity (Wildman–Crippen MR) is 77.4 cm³/mol. The number of benzene rings is 1. The molecule has 0 saturated heterocycles. The van der Waals surface area contributed by atoms with Gasteiger partial charge in [-0.1, -0.05) is 11.8 Å². The van der Waals surface area contributed by atoms with Crippen molar-refractivity contribution in [3.05, 3.63) is 51.5 Å². The molecule has 3 nitrogen and oxygen atoms in total. The van der Waals surface area contributed by atoms with Gasteiger partial charge in [0.15, 0.2) is 0 Å². The Hall–Kier alpha value is -2.16. The van der Waals surface area contributed by atoms with Crippen LogP contribution < -0.4 is 5.32 Å². The fraction of sp³-hybridized carbons (Fsp3) is 0.133. The van der Waals surface area contributed by atoms with Crippen LogP contribution in [-0.2, 0) is 0 Å². The Labute approximate surface area is 120 Å². The zero-order chi connectivity index (χ0) is 14.5. The Kier molecular flexibility index (Phi) is 4.51. The number of aliphatic hydroxyl groups excluding tert-OH is 1. The molecule has 0 aliphatic heterocycles. The third kappa shape index (κ3) is 3.23. The summed E-state index contributed by atoms with van der Waals surface area (Å²) in [7, 11) is 0. The minimum absolute atomic E-state index is 0.107. The van der Waals surface area contributed by atoms with Crippen LogP contribution in [-0.4, -0.2) is 17.6 Å². The molecule has 1 heterocycles. The highest BCUT2D eigenvalue weighted by molar-refractivity contribution is 7.08. The monoisotopic (exact) mass is 289 g/mol. The molecule has 1 amide bonds. The summed E-state index contributed by atoms with van der Waals surface area (Å²) in [5, 5.41) is 14.7. The van der Waals surface area contributed by atoms with Crippen LogP contribution in [0.15, 0.2) is 29.0 Å². The standard InChI is InChI=1S/C15H12FNO2S/c1-10-8-20-9-12(10)15(19)17-14-5-4-11(3-2-6-18)7-13(14)16/h4-5,7-9,18H,6H2,1H3,(H,17,19). The molecule has 2 rings (SSSR count). The van der Waals surface area contributed by atoms with Crippen LogP contribution in [0.5, 0.6) is 0 Å². The molecule has 0 aliphatic rings. The number of halogens is 1. The second-order valence-electron chi connectivity index (χ2n) is 4.08. The second-order valence-corrected chi connectivity index (χ2v) is 4.82. The fourth-order valence-electron chi connectivity index (χ4n) is 1.62. The summed E-state index contributed by atoms with van der Waals surface area (Å²) in [5.74, 6) is 4.14. The Morgan fingerprint density at radius 1 is 1.45 bits per heavy atom. The molecule has 0 atom stereocenters. The zero-order valence-electron chi connectivity index (χ0n) is 10.7. The molecule has 0 spiro atoms. The van der Waals surface area contributed by atoms with Crippen LogP contribution >= 0.6 is 11.3 Å². The number of thiophene rings is 1. The number of aliphatic hydroxyl groups is 1. The topological polar surface area (TPSA) is 49.3 Å². The molecule has 0 saturated carbocycles. The van der Waals surface area contributed by atoms with Crippen LogP contribution in [0.2, 0.25) is 0 Å². The zero-order valence-corrected chi connectivity index (χ0v) is 11.6. The van der Waals surface area contributed by atoms with E-state index in [1.807, 2.05) is 12.3 Å². The van der Waals surface area contributed by atoms with Gasteiger partial charge in [-0.05, 0) is 36.1 Å². The lowest BCUT2D eigenvalue weighted by molar-refractivity contribution is 0.102. The van der Waals surface area contributed by atoms with Gasteiger partial charge in [-0.15, -0.1) is 0 Å². The van der Waals surface area contributed by atoms with Crippen molar-refractivity contribution in [1.82, 2.24) is 0 Å². The van der Waals surface area contributed by atoms with Crippen molar-refractivity contribution in [3.63, 3.8) is 0 Å². The summed E-state index contributed by atoms with van der Waals surface area (Å²) >= 11 is 1.42. The SMILES string of the molecule is Cc1cscc1C(=O)Nc1ccc(C#CCO)cc1F. The molecule has 0 unspecified atom stereocenters. The lowest BCUT2D eigenvalue weighted by atomic mass is 10.1. The lowest BCUT2D eigenvalue weighted by Crippen LogP contribution is -2.13. The number of carbonyl (C=O) groups is 1. The molecule has 2 aromatic rings. The van der Waals surface area contributed by atoms with E-state index in [0.29, 0.717) is 11.1 Å². The van der Waals surface area contributed by atoms with Gasteiger partial charge < -0.3 is 10.4 Å². The van der Waals surface area contributed by atoms with Crippen LogP contribution in [0, 0.1) is 24.6 Å². The van der Waals surface area contributed by atoms with Gasteiger partial charge in [0.2, 0.25) is 0 Å². The smallest absolute Gasteiger partial charge is 0.256 e. The summed E-state index contributed by atoms with van der Waals surface area (Å²) in [6.07, 6.45) is 0.